The maximum absolute atomic E-state index is 12.6. The minimum absolute atomic E-state index is 0.0145. The number of esters is 1. The molecule has 1 N–H and O–H groups in total. The van der Waals surface area contributed by atoms with Crippen LogP contribution in [0.5, 0.6) is 0 Å². The van der Waals surface area contributed by atoms with Gasteiger partial charge >= 0.3 is 5.97 Å². The monoisotopic (exact) mass is 448 g/mol. The molecule has 8 nitrogen and oxygen atoms in total. The Kier molecular flexibility index (Phi) is 6.53. The van der Waals surface area contributed by atoms with E-state index < -0.39 is 10.8 Å². The number of aryl methyl sites for hydroxylation is 1. The summed E-state index contributed by atoms with van der Waals surface area (Å²) in [7, 11) is 0. The molecule has 1 heterocycles. The quantitative estimate of drug-likeness (QED) is 0.285. The normalized spacial score (nSPS) is 14.0. The molecule has 0 saturated heterocycles. The molecular formula is C25H24N2O6. The van der Waals surface area contributed by atoms with E-state index in [4.69, 9.17) is 9.15 Å². The average Bonchev–Trinajstić information content (AvgIpc) is 3.30. The standard InChI is InChI=1S/C25H24N2O6/c1-16-7-12-20(21(15-16)27(30)31)22-13-14-23(33-22)24(28)26-18-10-8-17(9-11-18)25(29)32-19-5-3-2-4-6-19/h7-15,19H,2-6H2,1H3,(H,26,28). The Bertz CT molecular complexity index is 1180. The van der Waals surface area contributed by atoms with E-state index in [1.165, 1.54) is 24.6 Å². The van der Waals surface area contributed by atoms with Crippen molar-refractivity contribution in [2.24, 2.45) is 0 Å². The number of hydrogen-bond acceptors (Lipinski definition) is 6. The lowest BCUT2D eigenvalue weighted by molar-refractivity contribution is -0.384. The SMILES string of the molecule is Cc1ccc(-c2ccc(C(=O)Nc3ccc(C(=O)OC4CCCCC4)cc3)o2)c([N+](=O)[O-])c1. The van der Waals surface area contributed by atoms with Gasteiger partial charge in [-0.25, -0.2) is 4.79 Å². The van der Waals surface area contributed by atoms with Gasteiger partial charge in [0.05, 0.1) is 16.1 Å². The fourth-order valence-electron chi connectivity index (χ4n) is 3.89. The molecule has 4 rings (SSSR count). The summed E-state index contributed by atoms with van der Waals surface area (Å²) in [5.74, 6) is -0.628. The second-order valence-electron chi connectivity index (χ2n) is 8.14. The zero-order valence-corrected chi connectivity index (χ0v) is 18.2. The lowest BCUT2D eigenvalue weighted by Crippen LogP contribution is -2.20. The van der Waals surface area contributed by atoms with Crippen LogP contribution in [0.15, 0.2) is 59.0 Å². The van der Waals surface area contributed by atoms with Crippen molar-refractivity contribution in [2.45, 2.75) is 45.1 Å². The predicted molar refractivity (Wildman–Crippen MR) is 122 cm³/mol. The largest absolute Gasteiger partial charge is 0.459 e. The number of ether oxygens (including phenoxy) is 1. The van der Waals surface area contributed by atoms with Crippen molar-refractivity contribution in [2.75, 3.05) is 5.32 Å². The van der Waals surface area contributed by atoms with Gasteiger partial charge in [-0.05, 0) is 80.6 Å². The van der Waals surface area contributed by atoms with Gasteiger partial charge in [0.2, 0.25) is 0 Å². The lowest BCUT2D eigenvalue weighted by atomic mass is 9.98. The van der Waals surface area contributed by atoms with E-state index in [2.05, 4.69) is 5.32 Å². The number of nitro groups is 1. The Morgan fingerprint density at radius 3 is 2.45 bits per heavy atom. The molecule has 0 atom stereocenters. The van der Waals surface area contributed by atoms with Gasteiger partial charge in [0.25, 0.3) is 11.6 Å². The first-order chi connectivity index (χ1) is 15.9. The van der Waals surface area contributed by atoms with Crippen LogP contribution in [0.3, 0.4) is 0 Å². The highest BCUT2D eigenvalue weighted by Gasteiger charge is 2.21. The Morgan fingerprint density at radius 1 is 1.03 bits per heavy atom. The van der Waals surface area contributed by atoms with Gasteiger partial charge in [-0.2, -0.15) is 0 Å². The fourth-order valence-corrected chi connectivity index (χ4v) is 3.89. The van der Waals surface area contributed by atoms with Gasteiger partial charge in [-0.3, -0.25) is 14.9 Å². The molecule has 1 aliphatic rings. The number of hydrogen-bond donors (Lipinski definition) is 1. The van der Waals surface area contributed by atoms with E-state index in [1.807, 2.05) is 0 Å². The molecule has 0 aliphatic heterocycles. The molecule has 8 heteroatoms. The van der Waals surface area contributed by atoms with E-state index in [0.717, 1.165) is 31.2 Å². The van der Waals surface area contributed by atoms with Crippen LogP contribution in [0.2, 0.25) is 0 Å². The Labute approximate surface area is 190 Å². The molecule has 1 amide bonds. The number of nitrogens with zero attached hydrogens (tertiary/aromatic N) is 1. The van der Waals surface area contributed by atoms with Crippen molar-refractivity contribution in [3.63, 3.8) is 0 Å². The summed E-state index contributed by atoms with van der Waals surface area (Å²) in [5, 5.41) is 14.1. The van der Waals surface area contributed by atoms with E-state index >= 15 is 0 Å². The first-order valence-electron chi connectivity index (χ1n) is 10.9. The van der Waals surface area contributed by atoms with E-state index in [0.29, 0.717) is 16.8 Å². The third-order valence-electron chi connectivity index (χ3n) is 5.65. The van der Waals surface area contributed by atoms with Gasteiger partial charge < -0.3 is 14.5 Å². The Morgan fingerprint density at radius 2 is 1.76 bits per heavy atom. The van der Waals surface area contributed by atoms with Gasteiger partial charge in [0.15, 0.2) is 5.76 Å². The summed E-state index contributed by atoms with van der Waals surface area (Å²) in [6, 6.07) is 14.2. The van der Waals surface area contributed by atoms with Crippen molar-refractivity contribution < 1.29 is 23.7 Å². The number of amides is 1. The molecule has 1 saturated carbocycles. The number of nitro benzene ring substituents is 1. The van der Waals surface area contributed by atoms with Crippen molar-refractivity contribution >= 4 is 23.3 Å². The van der Waals surface area contributed by atoms with Crippen molar-refractivity contribution in [1.29, 1.82) is 0 Å². The van der Waals surface area contributed by atoms with Crippen molar-refractivity contribution in [3.05, 3.63) is 81.6 Å². The van der Waals surface area contributed by atoms with Crippen LogP contribution >= 0.6 is 0 Å². The lowest BCUT2D eigenvalue weighted by Gasteiger charge is -2.21. The van der Waals surface area contributed by atoms with Crippen LogP contribution in [0.1, 0.15) is 58.6 Å². The van der Waals surface area contributed by atoms with Crippen molar-refractivity contribution in [3.8, 4) is 11.3 Å². The number of carbonyl (C=O) groups is 2. The molecule has 0 unspecified atom stereocenters. The molecule has 1 aliphatic carbocycles. The third kappa shape index (κ3) is 5.28. The molecule has 0 bridgehead atoms. The molecule has 0 radical (unpaired) electrons. The van der Waals surface area contributed by atoms with Gasteiger partial charge in [-0.1, -0.05) is 12.5 Å². The summed E-state index contributed by atoms with van der Waals surface area (Å²) < 4.78 is 11.1. The number of nitrogens with one attached hydrogen (secondary N) is 1. The van der Waals surface area contributed by atoms with Crippen LogP contribution in [0.25, 0.3) is 11.3 Å². The van der Waals surface area contributed by atoms with E-state index in [-0.39, 0.29) is 29.3 Å². The molecule has 170 valence electrons. The highest BCUT2D eigenvalue weighted by molar-refractivity contribution is 6.03. The summed E-state index contributed by atoms with van der Waals surface area (Å²) in [4.78, 5) is 35.8. The second-order valence-corrected chi connectivity index (χ2v) is 8.14. The van der Waals surface area contributed by atoms with Gasteiger partial charge in [-0.15, -0.1) is 0 Å². The number of furan rings is 1. The Hall–Kier alpha value is -3.94. The molecule has 1 fully saturated rings. The first kappa shape index (κ1) is 22.3. The molecule has 3 aromatic rings. The molecule has 33 heavy (non-hydrogen) atoms. The molecule has 1 aromatic heterocycles. The van der Waals surface area contributed by atoms with Crippen LogP contribution in [-0.4, -0.2) is 22.9 Å². The summed E-state index contributed by atoms with van der Waals surface area (Å²) in [6.45, 7) is 1.76. The number of benzene rings is 2. The molecule has 2 aromatic carbocycles. The van der Waals surface area contributed by atoms with Crippen molar-refractivity contribution in [1.82, 2.24) is 0 Å². The number of anilines is 1. The summed E-state index contributed by atoms with van der Waals surface area (Å²) in [6.07, 6.45) is 5.11. The maximum Gasteiger partial charge on any atom is 0.338 e. The minimum atomic E-state index is -0.506. The van der Waals surface area contributed by atoms with Crippen LogP contribution in [0.4, 0.5) is 11.4 Å². The van der Waals surface area contributed by atoms with Crippen LogP contribution < -0.4 is 5.32 Å². The maximum atomic E-state index is 12.6. The Balaban J connectivity index is 1.41. The predicted octanol–water partition coefficient (Wildman–Crippen LogP) is 5.91. The molecule has 0 spiro atoms. The minimum Gasteiger partial charge on any atom is -0.459 e. The fraction of sp³-hybridized carbons (Fsp3) is 0.280. The van der Waals surface area contributed by atoms with Crippen LogP contribution in [0, 0.1) is 17.0 Å². The number of carbonyl (C=O) groups excluding carboxylic acids is 2. The summed E-state index contributed by atoms with van der Waals surface area (Å²) >= 11 is 0. The first-order valence-corrected chi connectivity index (χ1v) is 10.9. The van der Waals surface area contributed by atoms with Gasteiger partial charge in [0, 0.05) is 11.8 Å². The third-order valence-corrected chi connectivity index (χ3v) is 5.65. The topological polar surface area (TPSA) is 112 Å². The number of rotatable bonds is 6. The molecular weight excluding hydrogens is 424 g/mol. The highest BCUT2D eigenvalue weighted by atomic mass is 16.6. The van der Waals surface area contributed by atoms with E-state index in [9.17, 15) is 19.7 Å². The zero-order valence-electron chi connectivity index (χ0n) is 18.2. The van der Waals surface area contributed by atoms with Gasteiger partial charge in [0.1, 0.15) is 11.9 Å². The smallest absolute Gasteiger partial charge is 0.338 e. The van der Waals surface area contributed by atoms with E-state index in [1.54, 1.807) is 43.3 Å². The summed E-state index contributed by atoms with van der Waals surface area (Å²) in [5.41, 5.74) is 1.86. The van der Waals surface area contributed by atoms with Crippen LogP contribution in [-0.2, 0) is 4.74 Å². The second kappa shape index (κ2) is 9.68. The average molecular weight is 448 g/mol. The highest BCUT2D eigenvalue weighted by Crippen LogP contribution is 2.32. The zero-order chi connectivity index (χ0) is 23.4.